The number of carbonyl (C=O) groups excluding carboxylic acids is 3. The van der Waals surface area contributed by atoms with Crippen molar-refractivity contribution in [1.82, 2.24) is 0 Å². The van der Waals surface area contributed by atoms with Gasteiger partial charge >= 0.3 is 11.9 Å². The van der Waals surface area contributed by atoms with Gasteiger partial charge in [0.05, 0.1) is 12.2 Å². The second-order valence-electron chi connectivity index (χ2n) is 6.88. The smallest absolute Gasteiger partial charge is 0.341 e. The van der Waals surface area contributed by atoms with E-state index in [9.17, 15) is 14.4 Å². The van der Waals surface area contributed by atoms with E-state index in [1.54, 1.807) is 31.2 Å². The summed E-state index contributed by atoms with van der Waals surface area (Å²) in [6, 6.07) is 5.27. The minimum Gasteiger partial charge on any atom is -0.462 e. The van der Waals surface area contributed by atoms with Gasteiger partial charge in [-0.25, -0.2) is 9.59 Å². The van der Waals surface area contributed by atoms with Crippen molar-refractivity contribution in [2.45, 2.75) is 26.2 Å². The molecular weight excluding hydrogens is 422 g/mol. The zero-order chi connectivity index (χ0) is 21.8. The summed E-state index contributed by atoms with van der Waals surface area (Å²) in [4.78, 5) is 37.7. The molecule has 1 aliphatic heterocycles. The van der Waals surface area contributed by atoms with Crippen LogP contribution in [0, 0.1) is 0 Å². The van der Waals surface area contributed by atoms with E-state index in [0.717, 1.165) is 35.3 Å². The Bertz CT molecular complexity index is 1060. The first kappa shape index (κ1) is 20.9. The van der Waals surface area contributed by atoms with Crippen LogP contribution in [0.25, 0.3) is 6.08 Å². The fraction of sp³-hybridized carbons (Fsp3) is 0.318. The van der Waals surface area contributed by atoms with Gasteiger partial charge in [-0.1, -0.05) is 6.07 Å². The van der Waals surface area contributed by atoms with Crippen molar-refractivity contribution in [2.75, 3.05) is 25.3 Å². The summed E-state index contributed by atoms with van der Waals surface area (Å²) in [6.45, 7) is 1.70. The molecule has 31 heavy (non-hydrogen) atoms. The zero-order valence-corrected chi connectivity index (χ0v) is 17.7. The van der Waals surface area contributed by atoms with Crippen LogP contribution in [0.4, 0.5) is 5.00 Å². The molecule has 1 N–H and O–H groups in total. The Kier molecular flexibility index (Phi) is 6.22. The molecule has 1 amide bonds. The van der Waals surface area contributed by atoms with Crippen LogP contribution in [0.15, 0.2) is 24.3 Å². The zero-order valence-electron chi connectivity index (χ0n) is 16.9. The molecule has 0 saturated carbocycles. The van der Waals surface area contributed by atoms with Gasteiger partial charge in [-0.2, -0.15) is 0 Å². The van der Waals surface area contributed by atoms with Gasteiger partial charge in [-0.3, -0.25) is 4.79 Å². The maximum Gasteiger partial charge on any atom is 0.341 e. The lowest BCUT2D eigenvalue weighted by atomic mass is 10.1. The third-order valence-corrected chi connectivity index (χ3v) is 6.02. The minimum absolute atomic E-state index is 0.171. The predicted molar refractivity (Wildman–Crippen MR) is 113 cm³/mol. The number of rotatable bonds is 7. The molecule has 0 fully saturated rings. The first-order chi connectivity index (χ1) is 15.0. The fourth-order valence-electron chi connectivity index (χ4n) is 3.44. The summed E-state index contributed by atoms with van der Waals surface area (Å²) >= 11 is 1.37. The molecule has 0 atom stereocenters. The van der Waals surface area contributed by atoms with Crippen molar-refractivity contribution in [3.63, 3.8) is 0 Å². The van der Waals surface area contributed by atoms with Crippen LogP contribution in [0.2, 0.25) is 0 Å². The van der Waals surface area contributed by atoms with Gasteiger partial charge in [0.1, 0.15) is 5.00 Å². The van der Waals surface area contributed by atoms with E-state index in [-0.39, 0.29) is 13.4 Å². The third-order valence-electron chi connectivity index (χ3n) is 4.81. The molecule has 1 aromatic carbocycles. The van der Waals surface area contributed by atoms with E-state index < -0.39 is 24.5 Å². The summed E-state index contributed by atoms with van der Waals surface area (Å²) in [6.07, 6.45) is 5.44. The Morgan fingerprint density at radius 1 is 1.16 bits per heavy atom. The number of esters is 2. The van der Waals surface area contributed by atoms with E-state index >= 15 is 0 Å². The highest BCUT2D eigenvalue weighted by molar-refractivity contribution is 7.17. The number of aryl methyl sites for hydroxylation is 1. The number of anilines is 1. The molecule has 1 aromatic heterocycles. The summed E-state index contributed by atoms with van der Waals surface area (Å²) in [5.41, 5.74) is 2.10. The molecule has 1 aliphatic carbocycles. The maximum absolute atomic E-state index is 12.3. The van der Waals surface area contributed by atoms with Gasteiger partial charge in [-0.05, 0) is 55.5 Å². The van der Waals surface area contributed by atoms with E-state index in [1.807, 2.05) is 0 Å². The molecule has 2 heterocycles. The van der Waals surface area contributed by atoms with Crippen LogP contribution in [-0.2, 0) is 31.9 Å². The Hall–Kier alpha value is -3.33. The average Bonchev–Trinajstić information content (AvgIpc) is 3.46. The number of thiophene rings is 1. The predicted octanol–water partition coefficient (Wildman–Crippen LogP) is 3.34. The van der Waals surface area contributed by atoms with Gasteiger partial charge in [0.15, 0.2) is 18.1 Å². The van der Waals surface area contributed by atoms with Crippen molar-refractivity contribution < 1.29 is 33.3 Å². The van der Waals surface area contributed by atoms with Crippen molar-refractivity contribution in [3.05, 3.63) is 45.8 Å². The second kappa shape index (κ2) is 9.22. The Labute approximate surface area is 182 Å². The molecule has 0 saturated heterocycles. The molecule has 0 spiro atoms. The number of fused-ring (bicyclic) bond motifs is 2. The molecule has 0 radical (unpaired) electrons. The van der Waals surface area contributed by atoms with E-state index in [4.69, 9.17) is 18.9 Å². The standard InChI is InChI=1S/C22H21NO7S/c1-2-27-22(26)20-14-4-3-5-17(14)31-21(20)23-18(24)11-28-19(25)9-7-13-6-8-15-16(10-13)30-12-29-15/h6-10H,2-5,11-12H2,1H3,(H,23,24)/b9-7+. The fourth-order valence-corrected chi connectivity index (χ4v) is 4.73. The number of nitrogens with one attached hydrogen (secondary N) is 1. The van der Waals surface area contributed by atoms with Crippen LogP contribution in [0.5, 0.6) is 11.5 Å². The molecule has 9 heteroatoms. The van der Waals surface area contributed by atoms with Crippen LogP contribution in [0.3, 0.4) is 0 Å². The normalized spacial score (nSPS) is 13.8. The summed E-state index contributed by atoms with van der Waals surface area (Å²) < 4.78 is 20.7. The lowest BCUT2D eigenvalue weighted by Gasteiger charge is -2.08. The maximum atomic E-state index is 12.3. The number of benzene rings is 1. The topological polar surface area (TPSA) is 100 Å². The van der Waals surface area contributed by atoms with Gasteiger partial charge in [0.25, 0.3) is 5.91 Å². The summed E-state index contributed by atoms with van der Waals surface area (Å²) in [7, 11) is 0. The third kappa shape index (κ3) is 4.72. The highest BCUT2D eigenvalue weighted by atomic mass is 32.1. The molecule has 8 nitrogen and oxygen atoms in total. The van der Waals surface area contributed by atoms with Gasteiger partial charge in [-0.15, -0.1) is 11.3 Å². The molecule has 4 rings (SSSR count). The summed E-state index contributed by atoms with van der Waals surface area (Å²) in [5, 5.41) is 3.13. The lowest BCUT2D eigenvalue weighted by Crippen LogP contribution is -2.21. The van der Waals surface area contributed by atoms with E-state index in [0.29, 0.717) is 22.1 Å². The van der Waals surface area contributed by atoms with E-state index in [2.05, 4.69) is 5.32 Å². The average molecular weight is 443 g/mol. The monoisotopic (exact) mass is 443 g/mol. The Balaban J connectivity index is 1.33. The van der Waals surface area contributed by atoms with Crippen LogP contribution in [0.1, 0.15) is 39.7 Å². The number of carbonyl (C=O) groups is 3. The lowest BCUT2D eigenvalue weighted by molar-refractivity contribution is -0.142. The minimum atomic E-state index is -0.660. The van der Waals surface area contributed by atoms with Crippen molar-refractivity contribution in [3.8, 4) is 11.5 Å². The molecule has 0 unspecified atom stereocenters. The second-order valence-corrected chi connectivity index (χ2v) is 7.99. The quantitative estimate of drug-likeness (QED) is 0.517. The Morgan fingerprint density at radius 3 is 2.84 bits per heavy atom. The van der Waals surface area contributed by atoms with Gasteiger partial charge < -0.3 is 24.3 Å². The number of hydrogen-bond acceptors (Lipinski definition) is 8. The van der Waals surface area contributed by atoms with Gasteiger partial charge in [0, 0.05) is 11.0 Å². The first-order valence-corrected chi connectivity index (χ1v) is 10.7. The van der Waals surface area contributed by atoms with E-state index in [1.165, 1.54) is 17.4 Å². The van der Waals surface area contributed by atoms with Crippen LogP contribution < -0.4 is 14.8 Å². The van der Waals surface area contributed by atoms with Crippen LogP contribution >= 0.6 is 11.3 Å². The number of ether oxygens (including phenoxy) is 4. The summed E-state index contributed by atoms with van der Waals surface area (Å²) in [5.74, 6) is -0.364. The molecule has 2 aromatic rings. The number of amides is 1. The van der Waals surface area contributed by atoms with Crippen LogP contribution in [-0.4, -0.2) is 37.9 Å². The largest absolute Gasteiger partial charge is 0.462 e. The molecule has 0 bridgehead atoms. The van der Waals surface area contributed by atoms with Crippen molar-refractivity contribution in [1.29, 1.82) is 0 Å². The Morgan fingerprint density at radius 2 is 2.00 bits per heavy atom. The molecule has 162 valence electrons. The van der Waals surface area contributed by atoms with Gasteiger partial charge in [0.2, 0.25) is 6.79 Å². The molecule has 2 aliphatic rings. The van der Waals surface area contributed by atoms with Crippen molar-refractivity contribution in [2.24, 2.45) is 0 Å². The highest BCUT2D eigenvalue weighted by Gasteiger charge is 2.28. The number of hydrogen-bond donors (Lipinski definition) is 1. The first-order valence-electron chi connectivity index (χ1n) is 9.91. The molecular formula is C22H21NO7S. The van der Waals surface area contributed by atoms with Crippen molar-refractivity contribution >= 4 is 40.3 Å². The highest BCUT2D eigenvalue weighted by Crippen LogP contribution is 2.39. The SMILES string of the molecule is CCOC(=O)c1c(NC(=O)COC(=O)/C=C/c2ccc3c(c2)OCO3)sc2c1CCC2.